The van der Waals surface area contributed by atoms with Crippen LogP contribution in [-0.2, 0) is 23.8 Å². The minimum Gasteiger partial charge on any atom is -0.507 e. The van der Waals surface area contributed by atoms with Gasteiger partial charge in [-0.15, -0.1) is 0 Å². The molecule has 2 aromatic carbocycles. The van der Waals surface area contributed by atoms with E-state index in [0.29, 0.717) is 13.1 Å². The van der Waals surface area contributed by atoms with Gasteiger partial charge in [-0.1, -0.05) is 45.9 Å². The second-order valence-corrected chi connectivity index (χ2v) is 16.1. The molecule has 6 rings (SSSR count). The Kier molecular flexibility index (Phi) is 13.7. The fraction of sp³-hybridized carbons (Fsp3) is 0.535. The summed E-state index contributed by atoms with van der Waals surface area (Å²) >= 11 is 0. The van der Waals surface area contributed by atoms with Gasteiger partial charge in [-0.3, -0.25) is 19.4 Å². The second kappa shape index (κ2) is 18.0. The molecule has 322 valence electrons. The number of hydrogen-bond donors (Lipinski definition) is 6. The Morgan fingerprint density at radius 2 is 1.61 bits per heavy atom. The third-order valence-electron chi connectivity index (χ3n) is 11.9. The van der Waals surface area contributed by atoms with E-state index in [9.17, 15) is 39.9 Å². The highest BCUT2D eigenvalue weighted by Crippen LogP contribution is 2.55. The molecule has 0 aliphatic carbocycles. The average Bonchev–Trinajstić information content (AvgIpc) is 3.46. The molecule has 4 heterocycles. The van der Waals surface area contributed by atoms with Gasteiger partial charge in [-0.25, -0.2) is 0 Å². The third-order valence-corrected chi connectivity index (χ3v) is 11.9. The quantitative estimate of drug-likeness (QED) is 0.109. The Hall–Kier alpha value is -5.16. The average molecular weight is 823 g/mol. The van der Waals surface area contributed by atoms with Crippen LogP contribution < -0.4 is 10.1 Å². The number of amides is 1. The number of nitrogens with zero attached hydrogens (tertiary/aromatic N) is 3. The van der Waals surface area contributed by atoms with E-state index in [0.717, 1.165) is 13.1 Å². The SMILES string of the molecule is CO[C@H]1C=CO[C@@]2(C)Oc3c(C)c(O)c4c(O)c(c(/C=N/N5CCN(C)CC5)c(O)c4c3C2=O)NC(=O)/C(C)=C\C=C/[C@H](C)[C@H](O)[C@@H](C)[C@@H](O)[C@@H](C)[C@H](OC(C)=O)[C@@H]1C. The van der Waals surface area contributed by atoms with Crippen LogP contribution in [0.15, 0.2) is 41.2 Å². The molecule has 1 amide bonds. The van der Waals surface area contributed by atoms with E-state index >= 15 is 0 Å². The molecule has 5 bridgehead atoms. The molecule has 59 heavy (non-hydrogen) atoms. The van der Waals surface area contributed by atoms with Gasteiger partial charge >= 0.3 is 11.8 Å². The summed E-state index contributed by atoms with van der Waals surface area (Å²) in [5.74, 6) is -8.34. The van der Waals surface area contributed by atoms with Crippen LogP contribution >= 0.6 is 0 Å². The molecule has 16 nitrogen and oxygen atoms in total. The zero-order valence-corrected chi connectivity index (χ0v) is 35.3. The van der Waals surface area contributed by atoms with Crippen LogP contribution in [0, 0.1) is 30.6 Å². The summed E-state index contributed by atoms with van der Waals surface area (Å²) < 4.78 is 23.6. The van der Waals surface area contributed by atoms with Crippen LogP contribution in [0.5, 0.6) is 23.0 Å². The number of nitrogens with one attached hydrogen (secondary N) is 1. The number of hydrazone groups is 1. The first-order valence-corrected chi connectivity index (χ1v) is 19.8. The standard InChI is InChI=1S/C43H58N4O12/c1-21-12-11-13-22(2)42(55)45-33-28(20-44-47-17-15-46(9)16-18-47)37(52)30-31(38(33)53)36(51)26(6)40-32(30)41(54)43(8,59-40)57-19-14-29(56-10)23(3)39(58-27(7)48)25(5)35(50)24(4)34(21)49/h11-14,19-21,23-25,29,34-35,39,49-53H,15-18H2,1-10H3,(H,45,55)/b12-11-,19-14?,22-13-,44-20+/t21-,23+,24+,25+,29-,34-,35+,39+,43-/m0/s1. The van der Waals surface area contributed by atoms with E-state index < -0.39 is 88.8 Å². The number of piperazine rings is 1. The summed E-state index contributed by atoms with van der Waals surface area (Å²) in [6.07, 6.45) is 4.86. The van der Waals surface area contributed by atoms with Gasteiger partial charge in [-0.2, -0.15) is 5.10 Å². The molecule has 2 aromatic rings. The number of aliphatic hydroxyl groups is 2. The summed E-state index contributed by atoms with van der Waals surface area (Å²) in [4.78, 5) is 42.6. The van der Waals surface area contributed by atoms with Crippen molar-refractivity contribution < 1.29 is 58.9 Å². The number of phenols is 3. The molecule has 0 aromatic heterocycles. The molecule has 0 spiro atoms. The number of Topliss-reactive ketones (excluding diaryl/α,β-unsaturated/α-hetero) is 1. The van der Waals surface area contributed by atoms with Crippen molar-refractivity contribution in [2.75, 3.05) is 45.7 Å². The zero-order chi connectivity index (χ0) is 43.7. The number of hydrogen-bond acceptors (Lipinski definition) is 15. The summed E-state index contributed by atoms with van der Waals surface area (Å²) in [6.45, 7) is 15.1. The first-order chi connectivity index (χ1) is 27.7. The lowest BCUT2D eigenvalue weighted by atomic mass is 9.78. The van der Waals surface area contributed by atoms with Crippen LogP contribution in [0.3, 0.4) is 0 Å². The van der Waals surface area contributed by atoms with Crippen molar-refractivity contribution in [3.05, 3.63) is 52.8 Å². The smallest absolute Gasteiger partial charge is 0.312 e. The Morgan fingerprint density at radius 1 is 0.949 bits per heavy atom. The largest absolute Gasteiger partial charge is 0.507 e. The minimum atomic E-state index is -2.04. The van der Waals surface area contributed by atoms with Gasteiger partial charge in [0, 0.05) is 87.3 Å². The molecular formula is C43H58N4O12. The monoisotopic (exact) mass is 822 g/mol. The van der Waals surface area contributed by atoms with E-state index in [-0.39, 0.29) is 44.5 Å². The number of benzene rings is 2. The number of ether oxygens (including phenoxy) is 4. The minimum absolute atomic E-state index is 0.0559. The zero-order valence-electron chi connectivity index (χ0n) is 35.3. The summed E-state index contributed by atoms with van der Waals surface area (Å²) in [5, 5.41) is 66.8. The molecule has 0 radical (unpaired) electrons. The molecule has 0 unspecified atom stereocenters. The first kappa shape index (κ1) is 44.9. The van der Waals surface area contributed by atoms with Gasteiger partial charge in [-0.05, 0) is 27.0 Å². The predicted molar refractivity (Wildman–Crippen MR) is 220 cm³/mol. The van der Waals surface area contributed by atoms with Crippen molar-refractivity contribution in [1.29, 1.82) is 0 Å². The van der Waals surface area contributed by atoms with Gasteiger partial charge in [0.05, 0.1) is 53.0 Å². The Labute approximate surface area is 344 Å². The van der Waals surface area contributed by atoms with Gasteiger partial charge in [0.2, 0.25) is 0 Å². The first-order valence-electron chi connectivity index (χ1n) is 19.8. The highest BCUT2D eigenvalue weighted by Gasteiger charge is 2.50. The van der Waals surface area contributed by atoms with Gasteiger partial charge < -0.3 is 54.7 Å². The highest BCUT2D eigenvalue weighted by atomic mass is 16.7. The number of ketones is 1. The number of esters is 1. The Bertz CT molecular complexity index is 2070. The Morgan fingerprint density at radius 3 is 2.24 bits per heavy atom. The third kappa shape index (κ3) is 8.91. The molecular weight excluding hydrogens is 764 g/mol. The molecule has 1 saturated heterocycles. The molecule has 0 saturated carbocycles. The number of carbonyl (C=O) groups excluding carboxylic acids is 3. The van der Waals surface area contributed by atoms with Crippen LogP contribution in [0.2, 0.25) is 0 Å². The van der Waals surface area contributed by atoms with Crippen molar-refractivity contribution in [1.82, 2.24) is 9.91 Å². The van der Waals surface area contributed by atoms with Gasteiger partial charge in [0.1, 0.15) is 23.4 Å². The lowest BCUT2D eigenvalue weighted by Gasteiger charge is -2.38. The second-order valence-electron chi connectivity index (χ2n) is 16.1. The van der Waals surface area contributed by atoms with Crippen molar-refractivity contribution in [3.8, 4) is 23.0 Å². The molecule has 9 atom stereocenters. The number of methoxy groups -OCH3 is 1. The number of likely N-dealkylation sites (N-methyl/N-ethyl adjacent to an activating group) is 1. The lowest BCUT2D eigenvalue weighted by molar-refractivity contribution is -0.160. The number of aromatic hydroxyl groups is 3. The van der Waals surface area contributed by atoms with E-state index in [1.54, 1.807) is 44.9 Å². The Balaban J connectivity index is 1.70. The van der Waals surface area contributed by atoms with Crippen LogP contribution in [0.1, 0.15) is 70.0 Å². The van der Waals surface area contributed by atoms with E-state index in [2.05, 4.69) is 15.3 Å². The van der Waals surface area contributed by atoms with Gasteiger partial charge in [0.25, 0.3) is 11.7 Å². The highest BCUT2D eigenvalue weighted by molar-refractivity contribution is 6.23. The van der Waals surface area contributed by atoms with E-state index in [1.807, 2.05) is 7.05 Å². The van der Waals surface area contributed by atoms with Crippen LogP contribution in [0.25, 0.3) is 10.8 Å². The summed E-state index contributed by atoms with van der Waals surface area (Å²) in [6, 6.07) is 0. The number of allylic oxidation sites excluding steroid dienone is 2. The van der Waals surface area contributed by atoms with E-state index in [1.165, 1.54) is 59.4 Å². The number of rotatable bonds is 4. The van der Waals surface area contributed by atoms with Crippen molar-refractivity contribution in [3.63, 3.8) is 0 Å². The fourth-order valence-electron chi connectivity index (χ4n) is 7.92. The maximum absolute atomic E-state index is 14.4. The fourth-order valence-corrected chi connectivity index (χ4v) is 7.92. The van der Waals surface area contributed by atoms with Crippen molar-refractivity contribution >= 4 is 40.3 Å². The maximum atomic E-state index is 14.4. The number of anilines is 1. The summed E-state index contributed by atoms with van der Waals surface area (Å²) in [7, 11) is 3.42. The number of phenolic OH excluding ortho intramolecular Hbond substituents is 3. The summed E-state index contributed by atoms with van der Waals surface area (Å²) in [5.41, 5.74) is -0.350. The molecule has 1 fully saturated rings. The maximum Gasteiger partial charge on any atom is 0.312 e. The lowest BCUT2D eigenvalue weighted by Crippen LogP contribution is -2.46. The van der Waals surface area contributed by atoms with Crippen LogP contribution in [-0.4, -0.2) is 130 Å². The molecule has 6 N–H and O–H groups in total. The van der Waals surface area contributed by atoms with Gasteiger partial charge in [0.15, 0.2) is 5.75 Å². The van der Waals surface area contributed by atoms with Crippen molar-refractivity contribution in [2.45, 2.75) is 85.6 Å². The number of aliphatic hydroxyl groups excluding tert-OH is 2. The predicted octanol–water partition coefficient (Wildman–Crippen LogP) is 4.34. The molecule has 4 aliphatic rings. The topological polar surface area (TPSA) is 220 Å². The molecule has 4 aliphatic heterocycles. The van der Waals surface area contributed by atoms with E-state index in [4.69, 9.17) is 18.9 Å². The molecule has 16 heteroatoms. The normalized spacial score (nSPS) is 31.5. The number of carbonyl (C=O) groups is 3. The van der Waals surface area contributed by atoms with Crippen molar-refractivity contribution in [2.24, 2.45) is 28.8 Å². The number of fused-ring (bicyclic) bond motifs is 14. The van der Waals surface area contributed by atoms with Crippen LogP contribution in [0.4, 0.5) is 5.69 Å².